The normalized spacial score (nSPS) is 12.3. The second-order valence-corrected chi connectivity index (χ2v) is 6.63. The zero-order valence-corrected chi connectivity index (χ0v) is 14.6. The van der Waals surface area contributed by atoms with E-state index < -0.39 is 0 Å². The van der Waals surface area contributed by atoms with Gasteiger partial charge in [0.05, 0.1) is 11.9 Å². The Hall–Kier alpha value is -0.220. The van der Waals surface area contributed by atoms with Crippen LogP contribution in [0.15, 0.2) is 40.9 Å². The highest BCUT2D eigenvalue weighted by Gasteiger charge is 2.15. The minimum Gasteiger partial charge on any atom is -0.497 e. The first-order chi connectivity index (χ1) is 9.01. The van der Waals surface area contributed by atoms with Crippen molar-refractivity contribution in [2.45, 2.75) is 4.83 Å². The summed E-state index contributed by atoms with van der Waals surface area (Å²) in [6, 6.07) is 11.4. The van der Waals surface area contributed by atoms with E-state index in [4.69, 9.17) is 27.9 Å². The molecular weight excluding hydrogens is 415 g/mol. The van der Waals surface area contributed by atoms with Crippen LogP contribution in [0.1, 0.15) is 16.0 Å². The van der Waals surface area contributed by atoms with E-state index in [1.807, 2.05) is 30.3 Å². The van der Waals surface area contributed by atoms with E-state index in [-0.39, 0.29) is 4.83 Å². The summed E-state index contributed by atoms with van der Waals surface area (Å²) >= 11 is 19.4. The zero-order valence-electron chi connectivity index (χ0n) is 9.96. The molecule has 0 spiro atoms. The van der Waals surface area contributed by atoms with Crippen molar-refractivity contribution in [3.05, 3.63) is 62.0 Å². The quantitative estimate of drug-likeness (QED) is 0.529. The van der Waals surface area contributed by atoms with Crippen molar-refractivity contribution in [2.75, 3.05) is 7.11 Å². The number of hydrogen-bond acceptors (Lipinski definition) is 1. The third-order valence-corrected chi connectivity index (χ3v) is 4.68. The van der Waals surface area contributed by atoms with Crippen LogP contribution in [0, 0.1) is 0 Å². The molecule has 1 nitrogen and oxygen atoms in total. The standard InChI is InChI=1S/C14H10Br2Cl2O/c1-19-11-2-3-12(13(18)7-11)14(16)8-4-9(15)6-10(17)5-8/h2-7,14H,1H3. The Labute approximate surface area is 139 Å². The molecule has 5 heteroatoms. The van der Waals surface area contributed by atoms with Crippen molar-refractivity contribution < 1.29 is 4.74 Å². The van der Waals surface area contributed by atoms with E-state index in [9.17, 15) is 0 Å². The average molecular weight is 425 g/mol. The van der Waals surface area contributed by atoms with Gasteiger partial charge in [-0.25, -0.2) is 0 Å². The molecule has 0 amide bonds. The Morgan fingerprint density at radius 2 is 1.84 bits per heavy atom. The molecule has 0 aliphatic heterocycles. The predicted molar refractivity (Wildman–Crippen MR) is 87.9 cm³/mol. The lowest BCUT2D eigenvalue weighted by Gasteiger charge is -2.14. The van der Waals surface area contributed by atoms with Crippen molar-refractivity contribution in [2.24, 2.45) is 0 Å². The van der Waals surface area contributed by atoms with Crippen LogP contribution in [-0.4, -0.2) is 7.11 Å². The summed E-state index contributed by atoms with van der Waals surface area (Å²) in [5, 5.41) is 1.33. The predicted octanol–water partition coefficient (Wildman–Crippen LogP) is 6.25. The van der Waals surface area contributed by atoms with Crippen molar-refractivity contribution >= 4 is 55.1 Å². The highest BCUT2D eigenvalue weighted by molar-refractivity contribution is 9.10. The fourth-order valence-electron chi connectivity index (χ4n) is 1.74. The summed E-state index contributed by atoms with van der Waals surface area (Å²) < 4.78 is 6.08. The monoisotopic (exact) mass is 422 g/mol. The molecule has 0 aromatic heterocycles. The molecule has 19 heavy (non-hydrogen) atoms. The van der Waals surface area contributed by atoms with Crippen molar-refractivity contribution in [3.8, 4) is 5.75 Å². The number of alkyl halides is 1. The van der Waals surface area contributed by atoms with Crippen LogP contribution < -0.4 is 4.74 Å². The first-order valence-corrected chi connectivity index (χ1v) is 7.91. The third-order valence-electron chi connectivity index (χ3n) is 2.66. The number of benzene rings is 2. The highest BCUT2D eigenvalue weighted by atomic mass is 79.9. The van der Waals surface area contributed by atoms with Gasteiger partial charge in [0, 0.05) is 14.5 Å². The van der Waals surface area contributed by atoms with Crippen LogP contribution in [-0.2, 0) is 0 Å². The van der Waals surface area contributed by atoms with E-state index in [2.05, 4.69) is 31.9 Å². The van der Waals surface area contributed by atoms with Gasteiger partial charge in [0.15, 0.2) is 0 Å². The molecule has 0 aliphatic rings. The smallest absolute Gasteiger partial charge is 0.120 e. The zero-order chi connectivity index (χ0) is 14.0. The van der Waals surface area contributed by atoms with Crippen molar-refractivity contribution in [1.82, 2.24) is 0 Å². The molecule has 0 N–H and O–H groups in total. The fourth-order valence-corrected chi connectivity index (χ4v) is 3.70. The van der Waals surface area contributed by atoms with Crippen molar-refractivity contribution in [1.29, 1.82) is 0 Å². The maximum Gasteiger partial charge on any atom is 0.120 e. The molecule has 2 aromatic rings. The van der Waals surface area contributed by atoms with E-state index in [1.165, 1.54) is 0 Å². The van der Waals surface area contributed by atoms with Crippen LogP contribution >= 0.6 is 55.1 Å². The molecule has 0 bridgehead atoms. The lowest BCUT2D eigenvalue weighted by molar-refractivity contribution is 0.414. The van der Waals surface area contributed by atoms with Crippen LogP contribution in [0.4, 0.5) is 0 Å². The second kappa shape index (κ2) is 6.49. The molecule has 0 fully saturated rings. The summed E-state index contributed by atoms with van der Waals surface area (Å²) in [6.45, 7) is 0. The minimum atomic E-state index is -0.0269. The first-order valence-electron chi connectivity index (χ1n) is 5.44. The molecule has 0 radical (unpaired) electrons. The molecule has 0 saturated carbocycles. The number of hydrogen-bond donors (Lipinski definition) is 0. The minimum absolute atomic E-state index is 0.0269. The number of rotatable bonds is 3. The van der Waals surface area contributed by atoms with Crippen LogP contribution in [0.2, 0.25) is 10.0 Å². The van der Waals surface area contributed by atoms with Gasteiger partial charge < -0.3 is 4.74 Å². The maximum atomic E-state index is 6.28. The molecule has 1 atom stereocenters. The Morgan fingerprint density at radius 3 is 2.42 bits per heavy atom. The number of methoxy groups -OCH3 is 1. The Kier molecular flexibility index (Phi) is 5.18. The van der Waals surface area contributed by atoms with Crippen LogP contribution in [0.3, 0.4) is 0 Å². The van der Waals surface area contributed by atoms with E-state index in [1.54, 1.807) is 13.2 Å². The van der Waals surface area contributed by atoms with Gasteiger partial charge in [0.25, 0.3) is 0 Å². The Morgan fingerprint density at radius 1 is 1.11 bits per heavy atom. The lowest BCUT2D eigenvalue weighted by Crippen LogP contribution is -1.95. The maximum absolute atomic E-state index is 6.28. The van der Waals surface area contributed by atoms with Crippen LogP contribution in [0.5, 0.6) is 5.75 Å². The lowest BCUT2D eigenvalue weighted by atomic mass is 10.0. The Balaban J connectivity index is 2.40. The van der Waals surface area contributed by atoms with Gasteiger partial charge in [-0.2, -0.15) is 0 Å². The first kappa shape index (κ1) is 15.2. The Bertz CT molecular complexity index is 582. The third kappa shape index (κ3) is 3.66. The van der Waals surface area contributed by atoms with E-state index >= 15 is 0 Å². The molecular formula is C14H10Br2Cl2O. The summed E-state index contributed by atoms with van der Waals surface area (Å²) in [4.78, 5) is -0.0269. The summed E-state index contributed by atoms with van der Waals surface area (Å²) in [5.74, 6) is 0.737. The molecule has 1 unspecified atom stereocenters. The van der Waals surface area contributed by atoms with E-state index in [0.29, 0.717) is 10.0 Å². The molecule has 100 valence electrons. The topological polar surface area (TPSA) is 9.23 Å². The molecule has 2 aromatic carbocycles. The molecule has 2 rings (SSSR count). The average Bonchev–Trinajstić information content (AvgIpc) is 2.36. The molecule has 0 aliphatic carbocycles. The van der Waals surface area contributed by atoms with Gasteiger partial charge in [-0.1, -0.05) is 61.1 Å². The SMILES string of the molecule is COc1ccc(C(Br)c2cc(Cl)cc(Br)c2)c(Cl)c1. The van der Waals surface area contributed by atoms with Gasteiger partial charge in [0.2, 0.25) is 0 Å². The van der Waals surface area contributed by atoms with Crippen LogP contribution in [0.25, 0.3) is 0 Å². The summed E-state index contributed by atoms with van der Waals surface area (Å²) in [5.41, 5.74) is 2.00. The largest absolute Gasteiger partial charge is 0.497 e. The van der Waals surface area contributed by atoms with E-state index in [0.717, 1.165) is 21.3 Å². The summed E-state index contributed by atoms with van der Waals surface area (Å²) in [6.07, 6.45) is 0. The van der Waals surface area contributed by atoms with Gasteiger partial charge >= 0.3 is 0 Å². The fraction of sp³-hybridized carbons (Fsp3) is 0.143. The van der Waals surface area contributed by atoms with Gasteiger partial charge in [0.1, 0.15) is 5.75 Å². The van der Waals surface area contributed by atoms with Crippen molar-refractivity contribution in [3.63, 3.8) is 0 Å². The molecule has 0 heterocycles. The highest BCUT2D eigenvalue weighted by Crippen LogP contribution is 2.38. The van der Waals surface area contributed by atoms with Gasteiger partial charge in [-0.3, -0.25) is 0 Å². The number of ether oxygens (including phenoxy) is 1. The summed E-state index contributed by atoms with van der Waals surface area (Å²) in [7, 11) is 1.62. The molecule has 0 saturated heterocycles. The van der Waals surface area contributed by atoms with Gasteiger partial charge in [-0.05, 0) is 41.5 Å². The van der Waals surface area contributed by atoms with Gasteiger partial charge in [-0.15, -0.1) is 0 Å². The number of halogens is 4. The second-order valence-electron chi connectivity index (χ2n) is 3.95.